The normalized spacial score (nSPS) is 13.5. The summed E-state index contributed by atoms with van der Waals surface area (Å²) in [5.74, 6) is -0.789. The molecule has 0 heterocycles. The Balaban J connectivity index is 4.38. The molecule has 2 N–H and O–H groups in total. The molecule has 0 rings (SSSR count). The van der Waals surface area contributed by atoms with Gasteiger partial charge in [0.05, 0.1) is 13.2 Å². The first-order chi connectivity index (χ1) is 27.0. The molecule has 0 bridgehead atoms. The first kappa shape index (κ1) is 55.0. The average molecular weight is 818 g/mol. The van der Waals surface area contributed by atoms with Crippen molar-refractivity contribution in [2.45, 2.75) is 258 Å². The minimum absolute atomic E-state index is 0.0188. The van der Waals surface area contributed by atoms with Gasteiger partial charge in [-0.2, -0.15) is 0 Å². The predicted molar refractivity (Wildman–Crippen MR) is 234 cm³/mol. The summed E-state index contributed by atoms with van der Waals surface area (Å²) in [6.45, 7) is 10.4. The third kappa shape index (κ3) is 39.8. The van der Waals surface area contributed by atoms with Gasteiger partial charge in [0, 0.05) is 24.9 Å². The molecule has 2 atom stereocenters. The smallest absolute Gasteiger partial charge is 0.462 e. The highest BCUT2D eigenvalue weighted by Crippen LogP contribution is 2.43. The quantitative estimate of drug-likeness (QED) is 0.0352. The van der Waals surface area contributed by atoms with Crippen LogP contribution in [-0.4, -0.2) is 54.8 Å². The van der Waals surface area contributed by atoms with E-state index in [2.05, 4.69) is 26.1 Å². The van der Waals surface area contributed by atoms with Crippen LogP contribution in [-0.2, 0) is 32.7 Å². The molecular weight excluding hydrogens is 725 g/mol. The fourth-order valence-corrected chi connectivity index (χ4v) is 7.54. The fourth-order valence-electron chi connectivity index (χ4n) is 6.79. The number of nitrogens with one attached hydrogen (secondary N) is 1. The number of unbranched alkanes of at least 4 members (excludes halogenated alkanes) is 28. The van der Waals surface area contributed by atoms with Gasteiger partial charge in [-0.15, -0.1) is 0 Å². The van der Waals surface area contributed by atoms with Crippen LogP contribution in [0.1, 0.15) is 247 Å². The summed E-state index contributed by atoms with van der Waals surface area (Å²) in [5, 5.41) is 3.27. The van der Waals surface area contributed by atoms with Crippen molar-refractivity contribution < 1.29 is 37.6 Å². The summed E-state index contributed by atoms with van der Waals surface area (Å²) in [6, 6.07) is 0. The molecule has 0 radical (unpaired) electrons. The zero-order chi connectivity index (χ0) is 41.4. The van der Waals surface area contributed by atoms with Gasteiger partial charge in [-0.25, -0.2) is 4.57 Å². The number of ether oxygens (including phenoxy) is 2. The van der Waals surface area contributed by atoms with E-state index in [0.717, 1.165) is 38.5 Å². The van der Waals surface area contributed by atoms with Crippen molar-refractivity contribution in [1.29, 1.82) is 0 Å². The maximum atomic E-state index is 12.7. The van der Waals surface area contributed by atoms with Crippen LogP contribution in [0.3, 0.4) is 0 Å². The molecule has 0 aliphatic heterocycles. The summed E-state index contributed by atoms with van der Waals surface area (Å²) < 4.78 is 33.9. The minimum Gasteiger partial charge on any atom is -0.462 e. The van der Waals surface area contributed by atoms with Crippen LogP contribution in [0, 0.1) is 0 Å². The molecule has 0 amide bonds. The van der Waals surface area contributed by atoms with Crippen LogP contribution in [0.2, 0.25) is 0 Å². The Morgan fingerprint density at radius 2 is 0.893 bits per heavy atom. The topological polar surface area (TPSA) is 120 Å². The summed E-state index contributed by atoms with van der Waals surface area (Å²) in [5.41, 5.74) is -0.119. The van der Waals surface area contributed by atoms with E-state index in [-0.39, 0.29) is 31.1 Å². The highest BCUT2D eigenvalue weighted by Gasteiger charge is 2.26. The number of rotatable bonds is 44. The number of phosphoric ester groups is 1. The Kier molecular flexibility index (Phi) is 38.8. The van der Waals surface area contributed by atoms with Crippen molar-refractivity contribution in [3.8, 4) is 0 Å². The minimum atomic E-state index is -4.40. The summed E-state index contributed by atoms with van der Waals surface area (Å²) >= 11 is 0. The second kappa shape index (κ2) is 39.5. The SMILES string of the molecule is CCCCCCCCCCCCCCCCCC(=O)OCC(COP(=O)(O)OCCNC(C)(C)CC)OC(=O)CCCCCCCCCCCCCCCCC. The van der Waals surface area contributed by atoms with Gasteiger partial charge in [0.25, 0.3) is 0 Å². The highest BCUT2D eigenvalue weighted by molar-refractivity contribution is 7.47. The first-order valence-electron chi connectivity index (χ1n) is 23.8. The van der Waals surface area contributed by atoms with Gasteiger partial charge in [0.2, 0.25) is 0 Å². The Bertz CT molecular complexity index is 933. The summed E-state index contributed by atoms with van der Waals surface area (Å²) in [6.07, 6.45) is 37.9. The third-order valence-corrected chi connectivity index (χ3v) is 11.9. The zero-order valence-corrected chi connectivity index (χ0v) is 38.4. The third-order valence-electron chi connectivity index (χ3n) is 11.0. The number of carbonyl (C=O) groups is 2. The lowest BCUT2D eigenvalue weighted by Crippen LogP contribution is -2.40. The van der Waals surface area contributed by atoms with E-state index in [1.54, 1.807) is 0 Å². The van der Waals surface area contributed by atoms with Gasteiger partial charge in [-0.3, -0.25) is 18.6 Å². The molecule has 0 aromatic carbocycles. The van der Waals surface area contributed by atoms with Crippen molar-refractivity contribution in [2.75, 3.05) is 26.4 Å². The molecule has 0 saturated heterocycles. The number of hydrogen-bond acceptors (Lipinski definition) is 8. The van der Waals surface area contributed by atoms with E-state index >= 15 is 0 Å². The molecule has 10 heteroatoms. The van der Waals surface area contributed by atoms with Crippen LogP contribution in [0.15, 0.2) is 0 Å². The number of carbonyl (C=O) groups excluding carboxylic acids is 2. The number of esters is 2. The first-order valence-corrected chi connectivity index (χ1v) is 25.3. The lowest BCUT2D eigenvalue weighted by atomic mass is 10.0. The molecule has 0 aromatic heterocycles. The van der Waals surface area contributed by atoms with Crippen LogP contribution in [0.4, 0.5) is 0 Å². The second-order valence-electron chi connectivity index (χ2n) is 17.0. The molecule has 2 unspecified atom stereocenters. The fraction of sp³-hybridized carbons (Fsp3) is 0.957. The molecule has 9 nitrogen and oxygen atoms in total. The van der Waals surface area contributed by atoms with Crippen LogP contribution >= 0.6 is 7.82 Å². The maximum Gasteiger partial charge on any atom is 0.472 e. The van der Waals surface area contributed by atoms with Crippen LogP contribution in [0.25, 0.3) is 0 Å². The average Bonchev–Trinajstić information content (AvgIpc) is 3.17. The molecule has 0 saturated carbocycles. The molecule has 0 fully saturated rings. The van der Waals surface area contributed by atoms with Crippen LogP contribution in [0.5, 0.6) is 0 Å². The Morgan fingerprint density at radius 1 is 0.536 bits per heavy atom. The van der Waals surface area contributed by atoms with Crippen molar-refractivity contribution in [1.82, 2.24) is 5.32 Å². The summed E-state index contributed by atoms with van der Waals surface area (Å²) in [4.78, 5) is 35.5. The van der Waals surface area contributed by atoms with E-state index in [1.165, 1.54) is 154 Å². The van der Waals surface area contributed by atoms with Crippen molar-refractivity contribution in [2.24, 2.45) is 0 Å². The number of hydrogen-bond donors (Lipinski definition) is 2. The van der Waals surface area contributed by atoms with E-state index in [1.807, 2.05) is 13.8 Å². The largest absolute Gasteiger partial charge is 0.472 e. The van der Waals surface area contributed by atoms with Crippen molar-refractivity contribution in [3.05, 3.63) is 0 Å². The van der Waals surface area contributed by atoms with Gasteiger partial charge in [-0.1, -0.05) is 201 Å². The van der Waals surface area contributed by atoms with Crippen LogP contribution < -0.4 is 5.32 Å². The molecule has 0 aliphatic carbocycles. The van der Waals surface area contributed by atoms with E-state index in [9.17, 15) is 19.0 Å². The number of phosphoric acid groups is 1. The van der Waals surface area contributed by atoms with Gasteiger partial charge < -0.3 is 19.7 Å². The zero-order valence-electron chi connectivity index (χ0n) is 37.5. The molecule has 0 spiro atoms. The lowest BCUT2D eigenvalue weighted by Gasteiger charge is -2.25. The lowest BCUT2D eigenvalue weighted by molar-refractivity contribution is -0.161. The van der Waals surface area contributed by atoms with Crippen molar-refractivity contribution >= 4 is 19.8 Å². The molecule has 0 aliphatic rings. The van der Waals surface area contributed by atoms with E-state index in [0.29, 0.717) is 19.4 Å². The summed E-state index contributed by atoms with van der Waals surface area (Å²) in [7, 11) is -4.40. The van der Waals surface area contributed by atoms with Gasteiger partial charge in [-0.05, 0) is 33.1 Å². The Hall–Kier alpha value is -0.990. The standard InChI is InChI=1S/C46H92NO8P/c1-6-9-11-13-15-17-19-21-23-25-27-29-31-33-35-37-44(48)52-41-43(42-54-56(50,51)53-40-39-47-46(4,5)8-3)55-45(49)38-36-34-32-30-28-26-24-22-20-18-16-14-12-10-7-2/h43,47H,6-42H2,1-5H3,(H,50,51). The maximum absolute atomic E-state index is 12.7. The second-order valence-corrected chi connectivity index (χ2v) is 18.4. The van der Waals surface area contributed by atoms with E-state index in [4.69, 9.17) is 18.5 Å². The Morgan fingerprint density at radius 3 is 1.27 bits per heavy atom. The highest BCUT2D eigenvalue weighted by atomic mass is 31.2. The Labute approximate surface area is 346 Å². The molecule has 334 valence electrons. The predicted octanol–water partition coefficient (Wildman–Crippen LogP) is 13.9. The van der Waals surface area contributed by atoms with Gasteiger partial charge >= 0.3 is 19.8 Å². The molecule has 0 aromatic rings. The van der Waals surface area contributed by atoms with Gasteiger partial charge in [0.15, 0.2) is 6.10 Å². The van der Waals surface area contributed by atoms with Crippen molar-refractivity contribution in [3.63, 3.8) is 0 Å². The van der Waals surface area contributed by atoms with E-state index < -0.39 is 26.5 Å². The van der Waals surface area contributed by atoms with Gasteiger partial charge in [0.1, 0.15) is 6.61 Å². The molecule has 56 heavy (non-hydrogen) atoms. The monoisotopic (exact) mass is 818 g/mol. The molecular formula is C46H92NO8P.